The summed E-state index contributed by atoms with van der Waals surface area (Å²) in [6.07, 6.45) is 3.69. The van der Waals surface area contributed by atoms with Gasteiger partial charge in [0.25, 0.3) is 0 Å². The normalized spacial score (nSPS) is 12.7. The Hall–Kier alpha value is -0.840. The Morgan fingerprint density at radius 2 is 2.13 bits per heavy atom. The number of alkyl halides is 1. The Morgan fingerprint density at radius 3 is 2.80 bits per heavy atom. The minimum Gasteiger partial charge on any atom is -0.351 e. The standard InChI is InChI=1S/C12H13IN2/c1-8-4-3-5-10(9(8)2)12(13)11-6-14-7-15-11/h3-7,12H,1-2H3,(H,14,15). The number of halogens is 1. The zero-order valence-electron chi connectivity index (χ0n) is 8.79. The molecule has 0 amide bonds. The maximum absolute atomic E-state index is 4.30. The molecule has 2 nitrogen and oxygen atoms in total. The van der Waals surface area contributed by atoms with E-state index in [2.05, 4.69) is 64.6 Å². The summed E-state index contributed by atoms with van der Waals surface area (Å²) >= 11 is 2.43. The van der Waals surface area contributed by atoms with Gasteiger partial charge in [0.2, 0.25) is 0 Å². The Morgan fingerprint density at radius 1 is 1.33 bits per heavy atom. The molecule has 1 aromatic carbocycles. The summed E-state index contributed by atoms with van der Waals surface area (Å²) < 4.78 is 0.328. The third kappa shape index (κ3) is 2.07. The topological polar surface area (TPSA) is 28.7 Å². The van der Waals surface area contributed by atoms with Crippen molar-refractivity contribution in [1.82, 2.24) is 9.97 Å². The van der Waals surface area contributed by atoms with Gasteiger partial charge in [0.05, 0.1) is 15.9 Å². The fourth-order valence-electron chi connectivity index (χ4n) is 1.62. The van der Waals surface area contributed by atoms with Crippen molar-refractivity contribution in [3.63, 3.8) is 0 Å². The molecule has 0 aliphatic heterocycles. The molecule has 0 bridgehead atoms. The molecule has 3 heteroatoms. The van der Waals surface area contributed by atoms with E-state index >= 15 is 0 Å². The SMILES string of the molecule is Cc1cccc(C(I)c2c[nH]cn2)c1C. The van der Waals surface area contributed by atoms with Gasteiger partial charge in [-0.15, -0.1) is 0 Å². The highest BCUT2D eigenvalue weighted by Crippen LogP contribution is 2.32. The average Bonchev–Trinajstić information content (AvgIpc) is 2.74. The van der Waals surface area contributed by atoms with Gasteiger partial charge in [0.1, 0.15) is 0 Å². The van der Waals surface area contributed by atoms with Crippen LogP contribution in [0.2, 0.25) is 0 Å². The summed E-state index contributed by atoms with van der Waals surface area (Å²) in [5, 5.41) is 0. The molecule has 78 valence electrons. The Bertz CT molecular complexity index is 449. The number of benzene rings is 1. The maximum atomic E-state index is 4.30. The summed E-state index contributed by atoms with van der Waals surface area (Å²) in [6, 6.07) is 6.43. The number of hydrogen-bond donors (Lipinski definition) is 1. The van der Waals surface area contributed by atoms with Crippen molar-refractivity contribution in [3.8, 4) is 0 Å². The van der Waals surface area contributed by atoms with Crippen molar-refractivity contribution >= 4 is 22.6 Å². The molecule has 0 aliphatic carbocycles. The Balaban J connectivity index is 2.42. The van der Waals surface area contributed by atoms with E-state index in [4.69, 9.17) is 0 Å². The highest BCUT2D eigenvalue weighted by molar-refractivity contribution is 14.1. The number of hydrogen-bond acceptors (Lipinski definition) is 1. The number of nitrogens with zero attached hydrogens (tertiary/aromatic N) is 1. The third-order valence-electron chi connectivity index (χ3n) is 2.70. The summed E-state index contributed by atoms with van der Waals surface area (Å²) in [7, 11) is 0. The van der Waals surface area contributed by atoms with Gasteiger partial charge in [0, 0.05) is 6.20 Å². The van der Waals surface area contributed by atoms with Gasteiger partial charge < -0.3 is 4.98 Å². The molecule has 1 aromatic heterocycles. The molecule has 2 aromatic rings. The highest BCUT2D eigenvalue weighted by Gasteiger charge is 2.14. The van der Waals surface area contributed by atoms with Gasteiger partial charge in [-0.2, -0.15) is 0 Å². The van der Waals surface area contributed by atoms with Crippen LogP contribution in [0.1, 0.15) is 26.3 Å². The predicted molar refractivity (Wildman–Crippen MR) is 70.4 cm³/mol. The lowest BCUT2D eigenvalue weighted by molar-refractivity contribution is 1.08. The molecular weight excluding hydrogens is 299 g/mol. The fraction of sp³-hybridized carbons (Fsp3) is 0.250. The number of imidazole rings is 1. The van der Waals surface area contributed by atoms with E-state index < -0.39 is 0 Å². The van der Waals surface area contributed by atoms with Crippen LogP contribution in [0.25, 0.3) is 0 Å². The van der Waals surface area contributed by atoms with Gasteiger partial charge in [-0.05, 0) is 30.5 Å². The van der Waals surface area contributed by atoms with Crippen molar-refractivity contribution in [2.75, 3.05) is 0 Å². The fourth-order valence-corrected chi connectivity index (χ4v) is 2.63. The van der Waals surface area contributed by atoms with Crippen molar-refractivity contribution in [1.29, 1.82) is 0 Å². The molecular formula is C12H13IN2. The first-order valence-electron chi connectivity index (χ1n) is 4.89. The lowest BCUT2D eigenvalue weighted by Crippen LogP contribution is -1.97. The largest absolute Gasteiger partial charge is 0.351 e. The smallest absolute Gasteiger partial charge is 0.0923 e. The van der Waals surface area contributed by atoms with E-state index in [1.807, 2.05) is 6.20 Å². The highest BCUT2D eigenvalue weighted by atomic mass is 127. The molecule has 1 N–H and O–H groups in total. The van der Waals surface area contributed by atoms with Crippen LogP contribution in [0.5, 0.6) is 0 Å². The van der Waals surface area contributed by atoms with Crippen LogP contribution in [0.3, 0.4) is 0 Å². The molecule has 0 aliphatic rings. The van der Waals surface area contributed by atoms with Crippen molar-refractivity contribution < 1.29 is 0 Å². The molecule has 0 saturated heterocycles. The number of nitrogens with one attached hydrogen (secondary N) is 1. The van der Waals surface area contributed by atoms with Crippen molar-refractivity contribution in [2.45, 2.75) is 17.8 Å². The van der Waals surface area contributed by atoms with Gasteiger partial charge >= 0.3 is 0 Å². The van der Waals surface area contributed by atoms with Crippen LogP contribution in [-0.4, -0.2) is 9.97 Å². The summed E-state index contributed by atoms with van der Waals surface area (Å²) in [5.41, 5.74) is 5.14. The molecule has 1 atom stereocenters. The van der Waals surface area contributed by atoms with Crippen LogP contribution < -0.4 is 0 Å². The van der Waals surface area contributed by atoms with E-state index in [1.54, 1.807) is 6.33 Å². The van der Waals surface area contributed by atoms with Crippen LogP contribution in [0.4, 0.5) is 0 Å². The second kappa shape index (κ2) is 4.35. The molecule has 0 saturated carbocycles. The molecule has 0 spiro atoms. The van der Waals surface area contributed by atoms with Crippen molar-refractivity contribution in [3.05, 3.63) is 53.1 Å². The molecule has 15 heavy (non-hydrogen) atoms. The zero-order chi connectivity index (χ0) is 10.8. The van der Waals surface area contributed by atoms with Gasteiger partial charge in [0.15, 0.2) is 0 Å². The summed E-state index contributed by atoms with van der Waals surface area (Å²) in [6.45, 7) is 4.32. The number of aryl methyl sites for hydroxylation is 1. The maximum Gasteiger partial charge on any atom is 0.0923 e. The first kappa shape index (κ1) is 10.7. The first-order chi connectivity index (χ1) is 7.20. The quantitative estimate of drug-likeness (QED) is 0.667. The molecule has 1 heterocycles. The number of rotatable bonds is 2. The number of aromatic nitrogens is 2. The lowest BCUT2D eigenvalue weighted by Gasteiger charge is -2.12. The van der Waals surface area contributed by atoms with E-state index in [0.29, 0.717) is 3.92 Å². The monoisotopic (exact) mass is 312 g/mol. The Labute approximate surface area is 103 Å². The number of aromatic amines is 1. The first-order valence-corrected chi connectivity index (χ1v) is 6.13. The average molecular weight is 312 g/mol. The van der Waals surface area contributed by atoms with Gasteiger partial charge in [-0.25, -0.2) is 4.98 Å². The van der Waals surface area contributed by atoms with Crippen LogP contribution >= 0.6 is 22.6 Å². The second-order valence-corrected chi connectivity index (χ2v) is 4.89. The van der Waals surface area contributed by atoms with E-state index in [1.165, 1.54) is 16.7 Å². The molecule has 0 radical (unpaired) electrons. The van der Waals surface area contributed by atoms with Crippen LogP contribution in [-0.2, 0) is 0 Å². The molecule has 2 rings (SSSR count). The number of H-pyrrole nitrogens is 1. The van der Waals surface area contributed by atoms with Crippen LogP contribution in [0.15, 0.2) is 30.7 Å². The van der Waals surface area contributed by atoms with Crippen LogP contribution in [0, 0.1) is 13.8 Å². The Kier molecular flexibility index (Phi) is 3.09. The summed E-state index contributed by atoms with van der Waals surface area (Å²) in [5.74, 6) is 0. The van der Waals surface area contributed by atoms with Crippen molar-refractivity contribution in [2.24, 2.45) is 0 Å². The van der Waals surface area contributed by atoms with E-state index in [9.17, 15) is 0 Å². The second-order valence-electron chi connectivity index (χ2n) is 3.65. The van der Waals surface area contributed by atoms with E-state index in [-0.39, 0.29) is 0 Å². The summed E-state index contributed by atoms with van der Waals surface area (Å²) in [4.78, 5) is 7.30. The molecule has 0 fully saturated rings. The van der Waals surface area contributed by atoms with Gasteiger partial charge in [-0.3, -0.25) is 0 Å². The van der Waals surface area contributed by atoms with E-state index in [0.717, 1.165) is 5.69 Å². The zero-order valence-corrected chi connectivity index (χ0v) is 10.9. The minimum absolute atomic E-state index is 0.328. The lowest BCUT2D eigenvalue weighted by atomic mass is 10.00. The minimum atomic E-state index is 0.328. The molecule has 1 unspecified atom stereocenters. The van der Waals surface area contributed by atoms with Gasteiger partial charge in [-0.1, -0.05) is 40.8 Å². The third-order valence-corrected chi connectivity index (χ3v) is 4.01. The predicted octanol–water partition coefficient (Wildman–Crippen LogP) is 3.55.